The molecule has 0 radical (unpaired) electrons. The molecular weight excluding hydrogens is 262 g/mol. The molecule has 1 aliphatic rings. The number of amides is 1. The van der Waals surface area contributed by atoms with Gasteiger partial charge in [-0.15, -0.1) is 11.3 Å². The largest absolute Gasteiger partial charge is 0.393 e. The number of nitrogens with one attached hydrogen (secondary N) is 1. The summed E-state index contributed by atoms with van der Waals surface area (Å²) in [5, 5.41) is 15.1. The fraction of sp³-hybridized carbons (Fsp3) is 0.692. The van der Waals surface area contributed by atoms with Gasteiger partial charge in [0.05, 0.1) is 18.3 Å². The molecule has 2 N–H and O–H groups in total. The summed E-state index contributed by atoms with van der Waals surface area (Å²) in [5.74, 6) is 0.254. The highest BCUT2D eigenvalue weighted by atomic mass is 32.1. The average Bonchev–Trinajstić information content (AvgIpc) is 2.89. The molecule has 2 atom stereocenters. The van der Waals surface area contributed by atoms with Crippen molar-refractivity contribution < 1.29 is 9.90 Å². The fourth-order valence-corrected chi connectivity index (χ4v) is 3.21. The summed E-state index contributed by atoms with van der Waals surface area (Å²) in [6, 6.07) is 0. The van der Waals surface area contributed by atoms with E-state index in [4.69, 9.17) is 0 Å². The van der Waals surface area contributed by atoms with E-state index in [9.17, 15) is 9.90 Å². The number of carbonyl (C=O) groups is 1. The Morgan fingerprint density at radius 1 is 1.63 bits per heavy atom. The van der Waals surface area contributed by atoms with E-state index in [0.29, 0.717) is 17.6 Å². The van der Waals surface area contributed by atoms with Gasteiger partial charge in [0.2, 0.25) is 5.91 Å². The Balaban J connectivity index is 1.75. The van der Waals surface area contributed by atoms with E-state index in [0.717, 1.165) is 31.5 Å². The van der Waals surface area contributed by atoms with Crippen molar-refractivity contribution in [2.45, 2.75) is 32.3 Å². The first-order valence-corrected chi connectivity index (χ1v) is 7.51. The van der Waals surface area contributed by atoms with Crippen molar-refractivity contribution in [2.75, 3.05) is 25.5 Å². The first-order chi connectivity index (χ1) is 9.04. The van der Waals surface area contributed by atoms with Crippen LogP contribution in [0.1, 0.15) is 25.0 Å². The molecule has 0 saturated heterocycles. The van der Waals surface area contributed by atoms with Crippen molar-refractivity contribution in [2.24, 2.45) is 5.92 Å². The van der Waals surface area contributed by atoms with Crippen molar-refractivity contribution in [3.05, 3.63) is 11.1 Å². The highest BCUT2D eigenvalue weighted by Gasteiger charge is 2.26. The van der Waals surface area contributed by atoms with Crippen molar-refractivity contribution in [1.82, 2.24) is 9.88 Å². The number of thiazole rings is 1. The number of rotatable bonds is 5. The van der Waals surface area contributed by atoms with E-state index >= 15 is 0 Å². The number of nitrogens with zero attached hydrogens (tertiary/aromatic N) is 2. The van der Waals surface area contributed by atoms with Crippen LogP contribution >= 0.6 is 11.3 Å². The molecule has 0 aromatic carbocycles. The zero-order valence-electron chi connectivity index (χ0n) is 11.4. The number of anilines is 1. The summed E-state index contributed by atoms with van der Waals surface area (Å²) < 4.78 is 0. The second kappa shape index (κ2) is 6.45. The molecule has 1 aliphatic carbocycles. The molecule has 2 rings (SSSR count). The zero-order chi connectivity index (χ0) is 13.8. The monoisotopic (exact) mass is 283 g/mol. The van der Waals surface area contributed by atoms with E-state index < -0.39 is 0 Å². The predicted octanol–water partition coefficient (Wildman–Crippen LogP) is 1.48. The van der Waals surface area contributed by atoms with E-state index in [1.165, 1.54) is 11.3 Å². The van der Waals surface area contributed by atoms with Crippen LogP contribution in [-0.4, -0.2) is 47.1 Å². The van der Waals surface area contributed by atoms with Gasteiger partial charge in [-0.25, -0.2) is 4.98 Å². The molecule has 1 fully saturated rings. The number of likely N-dealkylation sites (N-methyl/N-ethyl adjacent to an activating group) is 1. The minimum absolute atomic E-state index is 0.0515. The Hall–Kier alpha value is -0.980. The van der Waals surface area contributed by atoms with Crippen LogP contribution in [0.25, 0.3) is 0 Å². The third-order valence-corrected chi connectivity index (χ3v) is 4.32. The first kappa shape index (κ1) is 14.4. The molecule has 1 amide bonds. The third kappa shape index (κ3) is 4.26. The molecule has 6 heteroatoms. The van der Waals surface area contributed by atoms with Crippen molar-refractivity contribution in [3.63, 3.8) is 0 Å². The highest BCUT2D eigenvalue weighted by molar-refractivity contribution is 7.13. The van der Waals surface area contributed by atoms with Crippen LogP contribution in [0.3, 0.4) is 0 Å². The van der Waals surface area contributed by atoms with E-state index in [1.54, 1.807) is 0 Å². The fourth-order valence-electron chi connectivity index (χ4n) is 2.51. The normalized spacial score (nSPS) is 22.9. The van der Waals surface area contributed by atoms with Crippen LogP contribution < -0.4 is 5.32 Å². The van der Waals surface area contributed by atoms with Gasteiger partial charge in [-0.05, 0) is 32.7 Å². The van der Waals surface area contributed by atoms with Crippen LogP contribution in [0.2, 0.25) is 0 Å². The van der Waals surface area contributed by atoms with Gasteiger partial charge < -0.3 is 10.4 Å². The molecule has 19 heavy (non-hydrogen) atoms. The summed E-state index contributed by atoms with van der Waals surface area (Å²) in [6.45, 7) is 3.01. The smallest absolute Gasteiger partial charge is 0.240 e. The molecule has 2 unspecified atom stereocenters. The number of hydrogen-bond donors (Lipinski definition) is 2. The van der Waals surface area contributed by atoms with Gasteiger partial charge in [-0.2, -0.15) is 0 Å². The second-order valence-corrected chi connectivity index (χ2v) is 6.16. The summed E-state index contributed by atoms with van der Waals surface area (Å²) in [6.07, 6.45) is 2.83. The number of carbonyl (C=O) groups excluding carboxylic acids is 1. The lowest BCUT2D eigenvalue weighted by molar-refractivity contribution is -0.117. The lowest BCUT2D eigenvalue weighted by Gasteiger charge is -2.22. The van der Waals surface area contributed by atoms with Gasteiger partial charge in [0.15, 0.2) is 5.13 Å². The maximum absolute atomic E-state index is 11.8. The average molecular weight is 283 g/mol. The van der Waals surface area contributed by atoms with Crippen molar-refractivity contribution >= 4 is 22.4 Å². The maximum Gasteiger partial charge on any atom is 0.240 e. The minimum Gasteiger partial charge on any atom is -0.393 e. The van der Waals surface area contributed by atoms with Gasteiger partial charge in [0.1, 0.15) is 0 Å². The van der Waals surface area contributed by atoms with E-state index in [1.807, 2.05) is 24.3 Å². The Morgan fingerprint density at radius 2 is 2.42 bits per heavy atom. The molecular formula is C13H21N3O2S. The maximum atomic E-state index is 11.8. The number of aliphatic hydroxyl groups is 1. The van der Waals surface area contributed by atoms with Crippen LogP contribution in [-0.2, 0) is 4.79 Å². The molecule has 0 bridgehead atoms. The number of aliphatic hydroxyl groups excluding tert-OH is 1. The van der Waals surface area contributed by atoms with Crippen LogP contribution in [0.4, 0.5) is 5.13 Å². The standard InChI is InChI=1S/C13H21N3O2S/c1-9-8-19-13(14-9)15-12(18)7-16(2)6-10-4-3-5-11(10)17/h8,10-11,17H,3-7H2,1-2H3,(H,14,15,18). The van der Waals surface area contributed by atoms with Crippen LogP contribution in [0.15, 0.2) is 5.38 Å². The summed E-state index contributed by atoms with van der Waals surface area (Å²) in [5.41, 5.74) is 0.919. The lowest BCUT2D eigenvalue weighted by Crippen LogP contribution is -2.35. The van der Waals surface area contributed by atoms with Crippen LogP contribution in [0.5, 0.6) is 0 Å². The Morgan fingerprint density at radius 3 is 3.00 bits per heavy atom. The topological polar surface area (TPSA) is 65.5 Å². The van der Waals surface area contributed by atoms with E-state index in [2.05, 4.69) is 10.3 Å². The summed E-state index contributed by atoms with van der Waals surface area (Å²) in [7, 11) is 1.91. The second-order valence-electron chi connectivity index (χ2n) is 5.30. The van der Waals surface area contributed by atoms with Gasteiger partial charge >= 0.3 is 0 Å². The lowest BCUT2D eigenvalue weighted by atomic mass is 10.1. The Kier molecular flexibility index (Phi) is 4.90. The van der Waals surface area contributed by atoms with E-state index in [-0.39, 0.29) is 12.0 Å². The molecule has 0 spiro atoms. The highest BCUT2D eigenvalue weighted by Crippen LogP contribution is 2.25. The molecule has 5 nitrogen and oxygen atoms in total. The summed E-state index contributed by atoms with van der Waals surface area (Å²) >= 11 is 1.44. The van der Waals surface area contributed by atoms with Gasteiger partial charge in [-0.3, -0.25) is 9.69 Å². The molecule has 0 aliphatic heterocycles. The van der Waals surface area contributed by atoms with Crippen molar-refractivity contribution in [3.8, 4) is 0 Å². The molecule has 1 heterocycles. The zero-order valence-corrected chi connectivity index (χ0v) is 12.2. The van der Waals surface area contributed by atoms with Gasteiger partial charge in [0, 0.05) is 11.9 Å². The first-order valence-electron chi connectivity index (χ1n) is 6.63. The molecule has 1 aromatic rings. The van der Waals surface area contributed by atoms with Crippen molar-refractivity contribution in [1.29, 1.82) is 0 Å². The minimum atomic E-state index is -0.202. The number of aromatic nitrogens is 1. The third-order valence-electron chi connectivity index (χ3n) is 3.44. The Labute approximate surface area is 117 Å². The number of aryl methyl sites for hydroxylation is 1. The molecule has 1 aromatic heterocycles. The van der Waals surface area contributed by atoms with Gasteiger partial charge in [0.25, 0.3) is 0 Å². The quantitative estimate of drug-likeness (QED) is 0.859. The SMILES string of the molecule is Cc1csc(NC(=O)CN(C)CC2CCCC2O)n1. The summed E-state index contributed by atoms with van der Waals surface area (Å²) in [4.78, 5) is 18.0. The predicted molar refractivity (Wildman–Crippen MR) is 76.3 cm³/mol. The van der Waals surface area contributed by atoms with Crippen LogP contribution in [0, 0.1) is 12.8 Å². The van der Waals surface area contributed by atoms with Gasteiger partial charge in [-0.1, -0.05) is 6.42 Å². The molecule has 106 valence electrons. The molecule has 1 saturated carbocycles. The Bertz CT molecular complexity index is 435. The number of hydrogen-bond acceptors (Lipinski definition) is 5.